The molecule has 2 aromatic heterocycles. The fraction of sp³-hybridized carbons (Fsp3) is 0.533. The Morgan fingerprint density at radius 3 is 2.94 bits per heavy atom. The van der Waals surface area contributed by atoms with Crippen molar-refractivity contribution < 1.29 is 0 Å². The van der Waals surface area contributed by atoms with Crippen molar-refractivity contribution in [3.05, 3.63) is 29.3 Å². The molecular formula is C15H22N2S. The normalized spacial score (nSPS) is 13.3. The van der Waals surface area contributed by atoms with E-state index in [1.165, 1.54) is 23.1 Å². The van der Waals surface area contributed by atoms with Gasteiger partial charge in [0.25, 0.3) is 0 Å². The number of aromatic nitrogens is 1. The standard InChI is InChI=1S/C15H22N2S/c1-11(2)5-4-7-16-12(3)13-9-15-14(17-10-13)6-8-18-15/h6,8-12,16H,4-5,7H2,1-3H3. The molecular weight excluding hydrogens is 240 g/mol. The van der Waals surface area contributed by atoms with Gasteiger partial charge in [-0.15, -0.1) is 11.3 Å². The number of fused-ring (bicyclic) bond motifs is 1. The monoisotopic (exact) mass is 262 g/mol. The fourth-order valence-electron chi connectivity index (χ4n) is 2.05. The van der Waals surface area contributed by atoms with Gasteiger partial charge in [-0.25, -0.2) is 0 Å². The molecule has 1 atom stereocenters. The van der Waals surface area contributed by atoms with Gasteiger partial charge < -0.3 is 5.32 Å². The average molecular weight is 262 g/mol. The lowest BCUT2D eigenvalue weighted by Crippen LogP contribution is -2.20. The van der Waals surface area contributed by atoms with Crippen LogP contribution < -0.4 is 5.32 Å². The topological polar surface area (TPSA) is 24.9 Å². The largest absolute Gasteiger partial charge is 0.310 e. The van der Waals surface area contributed by atoms with Crippen LogP contribution in [-0.4, -0.2) is 11.5 Å². The molecule has 0 saturated carbocycles. The van der Waals surface area contributed by atoms with Crippen LogP contribution in [0.25, 0.3) is 10.2 Å². The Bertz CT molecular complexity index is 490. The van der Waals surface area contributed by atoms with E-state index in [4.69, 9.17) is 0 Å². The smallest absolute Gasteiger partial charge is 0.0809 e. The van der Waals surface area contributed by atoms with E-state index in [0.29, 0.717) is 6.04 Å². The highest BCUT2D eigenvalue weighted by Crippen LogP contribution is 2.22. The Balaban J connectivity index is 1.89. The molecule has 2 nitrogen and oxygen atoms in total. The summed E-state index contributed by atoms with van der Waals surface area (Å²) in [6.45, 7) is 7.85. The van der Waals surface area contributed by atoms with Gasteiger partial charge in [-0.3, -0.25) is 4.98 Å². The molecule has 0 fully saturated rings. The molecule has 3 heteroatoms. The Hall–Kier alpha value is -0.930. The van der Waals surface area contributed by atoms with E-state index in [1.54, 1.807) is 11.3 Å². The van der Waals surface area contributed by atoms with Gasteiger partial charge in [-0.1, -0.05) is 13.8 Å². The van der Waals surface area contributed by atoms with Crippen LogP contribution in [0.4, 0.5) is 0 Å². The van der Waals surface area contributed by atoms with Crippen molar-refractivity contribution >= 4 is 21.6 Å². The number of nitrogens with zero attached hydrogens (tertiary/aromatic N) is 1. The molecule has 0 amide bonds. The molecule has 98 valence electrons. The van der Waals surface area contributed by atoms with Crippen LogP contribution in [0.3, 0.4) is 0 Å². The zero-order chi connectivity index (χ0) is 13.0. The van der Waals surface area contributed by atoms with E-state index in [0.717, 1.165) is 18.0 Å². The fourth-order valence-corrected chi connectivity index (χ4v) is 2.83. The first-order valence-electron chi connectivity index (χ1n) is 6.73. The molecule has 0 aliphatic rings. The Morgan fingerprint density at radius 2 is 2.17 bits per heavy atom. The van der Waals surface area contributed by atoms with Crippen LogP contribution >= 0.6 is 11.3 Å². The highest BCUT2D eigenvalue weighted by molar-refractivity contribution is 7.17. The van der Waals surface area contributed by atoms with Crippen molar-refractivity contribution in [1.82, 2.24) is 10.3 Å². The van der Waals surface area contributed by atoms with Gasteiger partial charge in [0.2, 0.25) is 0 Å². The van der Waals surface area contributed by atoms with Crippen molar-refractivity contribution in [3.63, 3.8) is 0 Å². The molecule has 0 radical (unpaired) electrons. The van der Waals surface area contributed by atoms with Gasteiger partial charge in [-0.2, -0.15) is 0 Å². The second-order valence-electron chi connectivity index (χ2n) is 5.28. The molecule has 2 heterocycles. The van der Waals surface area contributed by atoms with Gasteiger partial charge in [-0.05, 0) is 55.3 Å². The van der Waals surface area contributed by atoms with Gasteiger partial charge in [0, 0.05) is 12.2 Å². The third kappa shape index (κ3) is 3.53. The van der Waals surface area contributed by atoms with Gasteiger partial charge in [0.05, 0.1) is 10.2 Å². The van der Waals surface area contributed by atoms with Gasteiger partial charge >= 0.3 is 0 Å². The SMILES string of the molecule is CC(C)CCCNC(C)c1cnc2ccsc2c1. The Labute approximate surface area is 113 Å². The molecule has 0 aliphatic carbocycles. The number of thiophene rings is 1. The summed E-state index contributed by atoms with van der Waals surface area (Å²) in [4.78, 5) is 4.49. The summed E-state index contributed by atoms with van der Waals surface area (Å²) in [6, 6.07) is 4.72. The number of hydrogen-bond acceptors (Lipinski definition) is 3. The quantitative estimate of drug-likeness (QED) is 0.781. The van der Waals surface area contributed by atoms with Crippen LogP contribution in [0.1, 0.15) is 45.2 Å². The maximum Gasteiger partial charge on any atom is 0.0809 e. The lowest BCUT2D eigenvalue weighted by molar-refractivity contribution is 0.497. The van der Waals surface area contributed by atoms with Crippen LogP contribution in [0.5, 0.6) is 0 Å². The molecule has 2 aromatic rings. The van der Waals surface area contributed by atoms with E-state index in [9.17, 15) is 0 Å². The average Bonchev–Trinajstić information content (AvgIpc) is 2.81. The lowest BCUT2D eigenvalue weighted by atomic mass is 10.1. The number of nitrogens with one attached hydrogen (secondary N) is 1. The maximum atomic E-state index is 4.49. The zero-order valence-electron chi connectivity index (χ0n) is 11.4. The first-order valence-corrected chi connectivity index (χ1v) is 7.61. The highest BCUT2D eigenvalue weighted by atomic mass is 32.1. The van der Waals surface area contributed by atoms with Crippen LogP contribution in [0.2, 0.25) is 0 Å². The molecule has 18 heavy (non-hydrogen) atoms. The van der Waals surface area contributed by atoms with E-state index in [-0.39, 0.29) is 0 Å². The summed E-state index contributed by atoms with van der Waals surface area (Å²) in [5.74, 6) is 0.797. The second kappa shape index (κ2) is 6.30. The minimum Gasteiger partial charge on any atom is -0.310 e. The first-order chi connectivity index (χ1) is 8.66. The summed E-state index contributed by atoms with van der Waals surface area (Å²) in [5.41, 5.74) is 2.39. The van der Waals surface area contributed by atoms with E-state index in [2.05, 4.69) is 48.6 Å². The van der Waals surface area contributed by atoms with Gasteiger partial charge in [0.15, 0.2) is 0 Å². The Morgan fingerprint density at radius 1 is 1.33 bits per heavy atom. The predicted molar refractivity (Wildman–Crippen MR) is 80.1 cm³/mol. The third-order valence-corrected chi connectivity index (χ3v) is 4.09. The van der Waals surface area contributed by atoms with Crippen LogP contribution in [0.15, 0.2) is 23.7 Å². The molecule has 0 bridgehead atoms. The van der Waals surface area contributed by atoms with Gasteiger partial charge in [0.1, 0.15) is 0 Å². The zero-order valence-corrected chi connectivity index (χ0v) is 12.3. The number of rotatable bonds is 6. The lowest BCUT2D eigenvalue weighted by Gasteiger charge is -2.14. The third-order valence-electron chi connectivity index (χ3n) is 3.23. The highest BCUT2D eigenvalue weighted by Gasteiger charge is 2.06. The van der Waals surface area contributed by atoms with Crippen molar-refractivity contribution in [2.45, 2.75) is 39.7 Å². The number of hydrogen-bond donors (Lipinski definition) is 1. The van der Waals surface area contributed by atoms with Crippen molar-refractivity contribution in [2.24, 2.45) is 5.92 Å². The molecule has 0 aromatic carbocycles. The first kappa shape index (κ1) is 13.5. The molecule has 0 aliphatic heterocycles. The minimum absolute atomic E-state index is 0.385. The molecule has 1 unspecified atom stereocenters. The van der Waals surface area contributed by atoms with Crippen molar-refractivity contribution in [2.75, 3.05) is 6.54 Å². The second-order valence-corrected chi connectivity index (χ2v) is 6.23. The Kier molecular flexibility index (Phi) is 4.72. The molecule has 1 N–H and O–H groups in total. The summed E-state index contributed by atoms with van der Waals surface area (Å²) in [5, 5.41) is 5.68. The summed E-state index contributed by atoms with van der Waals surface area (Å²) < 4.78 is 1.28. The van der Waals surface area contributed by atoms with Crippen LogP contribution in [0, 0.1) is 5.92 Å². The van der Waals surface area contributed by atoms with E-state index >= 15 is 0 Å². The van der Waals surface area contributed by atoms with Crippen molar-refractivity contribution in [1.29, 1.82) is 0 Å². The summed E-state index contributed by atoms with van der Waals surface area (Å²) in [7, 11) is 0. The maximum absolute atomic E-state index is 4.49. The molecule has 0 saturated heterocycles. The molecule has 0 spiro atoms. The van der Waals surface area contributed by atoms with E-state index in [1.807, 2.05) is 6.20 Å². The predicted octanol–water partition coefficient (Wildman–Crippen LogP) is 4.38. The summed E-state index contributed by atoms with van der Waals surface area (Å²) >= 11 is 1.76. The minimum atomic E-state index is 0.385. The van der Waals surface area contributed by atoms with E-state index < -0.39 is 0 Å². The van der Waals surface area contributed by atoms with Crippen molar-refractivity contribution in [3.8, 4) is 0 Å². The molecule has 2 rings (SSSR count). The number of pyridine rings is 1. The summed E-state index contributed by atoms with van der Waals surface area (Å²) in [6.07, 6.45) is 4.54. The van der Waals surface area contributed by atoms with Crippen LogP contribution in [-0.2, 0) is 0 Å².